The standard InChI is InChI=1S/C40H59BN5O8/c1-30-38-36(27-40(2,3)28-37(38)47)46(44-30)33-12-13-34(39(48)45(4)5)35(26-33)43-15-7-17-51-19-21-53-23-25-54-24-22-52-20-18-50-16-6-14-42-29-31-8-10-32(41-49)11-9-31/h8-13,26,42-43,49H,6-7,14-25,27-29H2,1-5H3. The number of nitrogens with one attached hydrogen (secondary N) is 2. The molecule has 0 unspecified atom stereocenters. The van der Waals surface area contributed by atoms with Crippen LogP contribution in [-0.2, 0) is 36.6 Å². The zero-order chi connectivity index (χ0) is 38.8. The largest absolute Gasteiger partial charge is 0.450 e. The van der Waals surface area contributed by atoms with E-state index in [1.54, 1.807) is 19.0 Å². The van der Waals surface area contributed by atoms with E-state index in [0.29, 0.717) is 84.6 Å². The van der Waals surface area contributed by atoms with Crippen LogP contribution in [0.15, 0.2) is 42.5 Å². The van der Waals surface area contributed by atoms with E-state index in [9.17, 15) is 9.59 Å². The predicted octanol–water partition coefficient (Wildman–Crippen LogP) is 3.34. The van der Waals surface area contributed by atoms with Gasteiger partial charge in [-0.3, -0.25) is 9.59 Å². The van der Waals surface area contributed by atoms with Crippen LogP contribution in [0.5, 0.6) is 0 Å². The fraction of sp³-hybridized carbons (Fsp3) is 0.575. The molecular weight excluding hydrogens is 689 g/mol. The number of nitrogens with zero attached hydrogens (tertiary/aromatic N) is 3. The second-order valence-electron chi connectivity index (χ2n) is 14.4. The number of fused-ring (bicyclic) bond motifs is 1. The highest BCUT2D eigenvalue weighted by Gasteiger charge is 2.36. The third kappa shape index (κ3) is 13.9. The van der Waals surface area contributed by atoms with Crippen molar-refractivity contribution >= 4 is 30.3 Å². The lowest BCUT2D eigenvalue weighted by atomic mass is 9.75. The molecule has 0 bridgehead atoms. The number of amides is 1. The number of hydrogen-bond acceptors (Lipinski definition) is 11. The van der Waals surface area contributed by atoms with Crippen LogP contribution in [-0.4, -0.2) is 132 Å². The Morgan fingerprint density at radius 3 is 2.00 bits per heavy atom. The first kappa shape index (κ1) is 43.1. The van der Waals surface area contributed by atoms with E-state index in [1.165, 1.54) is 5.56 Å². The van der Waals surface area contributed by atoms with Gasteiger partial charge < -0.3 is 44.2 Å². The number of rotatable bonds is 26. The maximum Gasteiger partial charge on any atom is 0.326 e. The van der Waals surface area contributed by atoms with E-state index in [1.807, 2.05) is 54.1 Å². The third-order valence-electron chi connectivity index (χ3n) is 8.97. The van der Waals surface area contributed by atoms with Crippen LogP contribution in [0.1, 0.15) is 70.8 Å². The minimum atomic E-state index is -0.141. The van der Waals surface area contributed by atoms with Gasteiger partial charge in [0.25, 0.3) is 5.91 Å². The third-order valence-corrected chi connectivity index (χ3v) is 8.97. The lowest BCUT2D eigenvalue weighted by molar-refractivity contribution is -0.0111. The van der Waals surface area contributed by atoms with Crippen molar-refractivity contribution in [2.75, 3.05) is 98.6 Å². The maximum atomic E-state index is 13.0. The number of carbonyl (C=O) groups is 2. The van der Waals surface area contributed by atoms with Gasteiger partial charge in [-0.1, -0.05) is 43.6 Å². The summed E-state index contributed by atoms with van der Waals surface area (Å²) in [6, 6.07) is 13.4. The summed E-state index contributed by atoms with van der Waals surface area (Å²) >= 11 is 0. The minimum Gasteiger partial charge on any atom is -0.450 e. The molecule has 0 saturated heterocycles. The molecule has 295 valence electrons. The number of aryl methyl sites for hydroxylation is 1. The molecular formula is C40H59BN5O8. The number of aromatic nitrogens is 2. The lowest BCUT2D eigenvalue weighted by Crippen LogP contribution is -2.28. The Morgan fingerprint density at radius 2 is 1.43 bits per heavy atom. The Bertz CT molecular complexity index is 1600. The average molecular weight is 749 g/mol. The topological polar surface area (TPSA) is 146 Å². The summed E-state index contributed by atoms with van der Waals surface area (Å²) in [5.41, 5.74) is 6.32. The molecule has 0 saturated carbocycles. The van der Waals surface area contributed by atoms with Crippen LogP contribution in [0.25, 0.3) is 5.69 Å². The van der Waals surface area contributed by atoms with E-state index in [0.717, 1.165) is 73.6 Å². The summed E-state index contributed by atoms with van der Waals surface area (Å²) < 4.78 is 30.0. The van der Waals surface area contributed by atoms with Crippen LogP contribution in [0.2, 0.25) is 0 Å². The number of Topliss-reactive ketones (excluding diaryl/α,β-unsaturated/α-hetero) is 1. The molecule has 2 aromatic carbocycles. The highest BCUT2D eigenvalue weighted by molar-refractivity contribution is 6.45. The summed E-state index contributed by atoms with van der Waals surface area (Å²) in [6.45, 7) is 13.6. The van der Waals surface area contributed by atoms with Crippen LogP contribution < -0.4 is 16.1 Å². The molecule has 14 heteroatoms. The van der Waals surface area contributed by atoms with Gasteiger partial charge in [-0.05, 0) is 61.9 Å². The van der Waals surface area contributed by atoms with Gasteiger partial charge in [-0.25, -0.2) is 4.68 Å². The van der Waals surface area contributed by atoms with Gasteiger partial charge in [0.1, 0.15) is 0 Å². The van der Waals surface area contributed by atoms with Crippen molar-refractivity contribution in [1.82, 2.24) is 20.0 Å². The van der Waals surface area contributed by atoms with Crippen LogP contribution in [0, 0.1) is 12.3 Å². The van der Waals surface area contributed by atoms with Crippen molar-refractivity contribution in [2.45, 2.75) is 53.0 Å². The molecule has 1 heterocycles. The molecule has 1 amide bonds. The fourth-order valence-corrected chi connectivity index (χ4v) is 6.22. The van der Waals surface area contributed by atoms with Crippen LogP contribution in [0.4, 0.5) is 5.69 Å². The average Bonchev–Trinajstić information content (AvgIpc) is 3.48. The molecule has 3 N–H and O–H groups in total. The number of carbonyl (C=O) groups excluding carboxylic acids is 2. The van der Waals surface area contributed by atoms with E-state index in [-0.39, 0.29) is 17.1 Å². The molecule has 1 radical (unpaired) electrons. The Labute approximate surface area is 321 Å². The molecule has 1 aliphatic carbocycles. The number of benzene rings is 2. The Kier molecular flexibility index (Phi) is 18.1. The molecule has 1 aromatic heterocycles. The van der Waals surface area contributed by atoms with E-state index >= 15 is 0 Å². The van der Waals surface area contributed by atoms with Crippen molar-refractivity contribution < 1.29 is 38.3 Å². The van der Waals surface area contributed by atoms with Gasteiger partial charge in [0.05, 0.1) is 81.1 Å². The van der Waals surface area contributed by atoms with E-state index < -0.39 is 0 Å². The monoisotopic (exact) mass is 748 g/mol. The van der Waals surface area contributed by atoms with Gasteiger partial charge in [0.15, 0.2) is 5.78 Å². The minimum absolute atomic E-state index is 0.0940. The summed E-state index contributed by atoms with van der Waals surface area (Å²) in [6.07, 6.45) is 2.93. The zero-order valence-electron chi connectivity index (χ0n) is 32.8. The predicted molar refractivity (Wildman–Crippen MR) is 210 cm³/mol. The van der Waals surface area contributed by atoms with Gasteiger partial charge >= 0.3 is 7.48 Å². The fourth-order valence-electron chi connectivity index (χ4n) is 6.22. The van der Waals surface area contributed by atoms with E-state index in [2.05, 4.69) is 24.5 Å². The smallest absolute Gasteiger partial charge is 0.326 e. The normalized spacial score (nSPS) is 13.6. The summed E-state index contributed by atoms with van der Waals surface area (Å²) in [5.74, 6) is 0.0411. The van der Waals surface area contributed by atoms with E-state index in [4.69, 9.17) is 33.8 Å². The Hall–Kier alpha value is -3.63. The molecule has 0 spiro atoms. The highest BCUT2D eigenvalue weighted by atomic mass is 16.6. The molecule has 0 aliphatic heterocycles. The summed E-state index contributed by atoms with van der Waals surface area (Å²) in [5, 5.41) is 20.5. The first-order valence-corrected chi connectivity index (χ1v) is 19.0. The number of anilines is 1. The zero-order valence-corrected chi connectivity index (χ0v) is 32.8. The molecule has 3 aromatic rings. The first-order valence-electron chi connectivity index (χ1n) is 19.0. The van der Waals surface area contributed by atoms with Gasteiger partial charge in [-0.2, -0.15) is 5.10 Å². The molecule has 1 aliphatic rings. The van der Waals surface area contributed by atoms with Crippen molar-refractivity contribution in [2.24, 2.45) is 5.41 Å². The van der Waals surface area contributed by atoms with Crippen LogP contribution in [0.3, 0.4) is 0 Å². The molecule has 0 atom stereocenters. The highest BCUT2D eigenvalue weighted by Crippen LogP contribution is 2.37. The van der Waals surface area contributed by atoms with Crippen molar-refractivity contribution in [3.8, 4) is 5.69 Å². The number of ketones is 1. The SMILES string of the molecule is Cc1nn(-c2ccc(C(=O)N(C)C)c(NCCCOCCOCCOCCOCCOCCCNCc3ccc([B]O)cc3)c2)c2c1C(=O)CC(C)(C)C2. The number of ether oxygens (including phenoxy) is 5. The Morgan fingerprint density at radius 1 is 0.852 bits per heavy atom. The second kappa shape index (κ2) is 22.7. The van der Waals surface area contributed by atoms with Gasteiger partial charge in [0.2, 0.25) is 0 Å². The molecule has 4 rings (SSSR count). The quantitative estimate of drug-likeness (QED) is 0.0822. The summed E-state index contributed by atoms with van der Waals surface area (Å²) in [4.78, 5) is 27.5. The molecule has 0 fully saturated rings. The van der Waals surface area contributed by atoms with Crippen molar-refractivity contribution in [3.05, 3.63) is 70.5 Å². The maximum absolute atomic E-state index is 13.0. The van der Waals surface area contributed by atoms with Gasteiger partial charge in [0, 0.05) is 52.5 Å². The second-order valence-corrected chi connectivity index (χ2v) is 14.4. The lowest BCUT2D eigenvalue weighted by Gasteiger charge is -2.29. The van der Waals surface area contributed by atoms with Crippen LogP contribution >= 0.6 is 0 Å². The van der Waals surface area contributed by atoms with Crippen molar-refractivity contribution in [1.29, 1.82) is 0 Å². The Balaban J connectivity index is 1.01. The first-order chi connectivity index (χ1) is 26.1. The number of hydrogen-bond donors (Lipinski definition) is 3. The van der Waals surface area contributed by atoms with Crippen molar-refractivity contribution in [3.63, 3.8) is 0 Å². The molecule has 13 nitrogen and oxygen atoms in total. The summed E-state index contributed by atoms with van der Waals surface area (Å²) in [7, 11) is 4.57. The molecule has 54 heavy (non-hydrogen) atoms. The van der Waals surface area contributed by atoms with Gasteiger partial charge in [-0.15, -0.1) is 0 Å².